The van der Waals surface area contributed by atoms with Gasteiger partial charge in [-0.2, -0.15) is 0 Å². The van der Waals surface area contributed by atoms with Crippen LogP contribution >= 0.6 is 0 Å². The summed E-state index contributed by atoms with van der Waals surface area (Å²) in [6.45, 7) is 0. The molecule has 20 heavy (non-hydrogen) atoms. The molecule has 0 bridgehead atoms. The zero-order valence-corrected chi connectivity index (χ0v) is 10.6. The Bertz CT molecular complexity index is 484. The fourth-order valence-corrected chi connectivity index (χ4v) is 1.04. The first-order chi connectivity index (χ1) is 8.84. The summed E-state index contributed by atoms with van der Waals surface area (Å²) in [5.41, 5.74) is -1.24. The summed E-state index contributed by atoms with van der Waals surface area (Å²) in [6.07, 6.45) is 0. The van der Waals surface area contributed by atoms with Crippen molar-refractivity contribution in [3.05, 3.63) is 34.9 Å². The molecule has 1 radical (unpaired) electrons. The molecule has 0 unspecified atom stereocenters. The Hall–Kier alpha value is -2.01. The first-order valence-electron chi connectivity index (χ1n) is 4.32. The van der Waals surface area contributed by atoms with Gasteiger partial charge in [0, 0.05) is 5.04 Å². The zero-order valence-electron chi connectivity index (χ0n) is 9.44. The van der Waals surface area contributed by atoms with Gasteiger partial charge in [-0.1, -0.05) is 0 Å². The Morgan fingerprint density at radius 2 is 1.40 bits per heavy atom. The van der Waals surface area contributed by atoms with Crippen molar-refractivity contribution < 1.29 is 67.4 Å². The number of hydrogen-bond acceptors (Lipinski definition) is 6. The topological polar surface area (TPSA) is 173 Å². The van der Waals surface area contributed by atoms with Crippen LogP contribution in [0.2, 0.25) is 0 Å². The summed E-state index contributed by atoms with van der Waals surface area (Å²) in [7, 11) is 0. The second kappa shape index (κ2) is 9.86. The molecular weight excluding hydrogens is 323 g/mol. The molecule has 1 aromatic carbocycles. The fraction of sp³-hybridized carbons (Fsp3) is 0. The fourth-order valence-electron chi connectivity index (χ4n) is 1.04. The molecule has 0 aliphatic heterocycles. The van der Waals surface area contributed by atoms with Crippen LogP contribution in [0.5, 0.6) is 0 Å². The summed E-state index contributed by atoms with van der Waals surface area (Å²) in [5, 5.41) is 43.9. The molecule has 0 saturated carbocycles. The minimum atomic E-state index is -1.48. The summed E-state index contributed by atoms with van der Waals surface area (Å²) in [6, 6.07) is 2.81. The maximum Gasteiger partial charge on any atom is 2.00 e. The maximum absolute atomic E-state index is 10.6. The molecule has 0 aliphatic carbocycles. The minimum absolute atomic E-state index is 0. The van der Waals surface area contributed by atoms with Crippen molar-refractivity contribution in [2.75, 3.05) is 0 Å². The number of carboxylic acid groups (broad SMARTS) is 3. The van der Waals surface area contributed by atoms with Crippen LogP contribution in [0.3, 0.4) is 0 Å². The Balaban J connectivity index is 0. The Morgan fingerprint density at radius 3 is 1.70 bits per heavy atom. The van der Waals surface area contributed by atoms with Crippen molar-refractivity contribution in [2.45, 2.75) is 0 Å². The Labute approximate surface area is 121 Å². The van der Waals surface area contributed by atoms with Gasteiger partial charge in [0.15, 0.2) is 0 Å². The van der Waals surface area contributed by atoms with E-state index in [1.54, 1.807) is 0 Å². The third-order valence-electron chi connectivity index (χ3n) is 1.76. The van der Waals surface area contributed by atoms with Crippen molar-refractivity contribution in [3.63, 3.8) is 0 Å². The molecular formula is C9H9MnO10+3. The maximum atomic E-state index is 10.6. The van der Waals surface area contributed by atoms with E-state index >= 15 is 0 Å². The smallest absolute Gasteiger partial charge is 0.478 e. The van der Waals surface area contributed by atoms with Gasteiger partial charge >= 0.3 is 35.0 Å². The standard InChI is InChI=1S/C9H6O6.Mn.H2O4/c10-7(11)4-1-2-5(8(12)13)6(3-4)9(14)15;;1-3-4-2/h1-3H,(H,10,11)(H,12,13)(H,14,15);;1-2H/q;+2;/p+1. The van der Waals surface area contributed by atoms with Crippen LogP contribution < -0.4 is 0 Å². The molecule has 0 spiro atoms. The van der Waals surface area contributed by atoms with Crippen LogP contribution in [0, 0.1) is 0 Å². The first kappa shape index (κ1) is 20.3. The molecule has 0 fully saturated rings. The van der Waals surface area contributed by atoms with Gasteiger partial charge in [-0.05, 0) is 18.2 Å². The number of benzene rings is 1. The van der Waals surface area contributed by atoms with Gasteiger partial charge in [-0.15, -0.1) is 0 Å². The second-order valence-electron chi connectivity index (χ2n) is 2.83. The summed E-state index contributed by atoms with van der Waals surface area (Å²) in [4.78, 5) is 31.8. The van der Waals surface area contributed by atoms with Crippen molar-refractivity contribution in [1.82, 2.24) is 0 Å². The van der Waals surface area contributed by atoms with Crippen LogP contribution in [0.15, 0.2) is 18.2 Å². The van der Waals surface area contributed by atoms with E-state index in [1.807, 2.05) is 0 Å². The van der Waals surface area contributed by atoms with Crippen LogP contribution in [0.4, 0.5) is 0 Å². The van der Waals surface area contributed by atoms with Crippen molar-refractivity contribution >= 4 is 17.9 Å². The summed E-state index contributed by atoms with van der Waals surface area (Å²) in [5.74, 6) is -4.20. The largest absolute Gasteiger partial charge is 2.00 e. The third-order valence-corrected chi connectivity index (χ3v) is 1.76. The van der Waals surface area contributed by atoms with Crippen molar-refractivity contribution in [1.29, 1.82) is 0 Å². The van der Waals surface area contributed by atoms with E-state index in [9.17, 15) is 14.4 Å². The van der Waals surface area contributed by atoms with Gasteiger partial charge < -0.3 is 15.3 Å². The minimum Gasteiger partial charge on any atom is -0.478 e. The Morgan fingerprint density at radius 1 is 0.950 bits per heavy atom. The molecule has 1 aromatic rings. The summed E-state index contributed by atoms with van der Waals surface area (Å²) >= 11 is 0. The van der Waals surface area contributed by atoms with E-state index in [4.69, 9.17) is 25.8 Å². The zero-order chi connectivity index (χ0) is 15.0. The van der Waals surface area contributed by atoms with E-state index in [-0.39, 0.29) is 22.6 Å². The van der Waals surface area contributed by atoms with E-state index < -0.39 is 29.0 Å². The van der Waals surface area contributed by atoms with Crippen molar-refractivity contribution in [3.8, 4) is 0 Å². The monoisotopic (exact) mass is 332 g/mol. The molecule has 0 heterocycles. The van der Waals surface area contributed by atoms with E-state index in [1.165, 1.54) is 0 Å². The first-order valence-corrected chi connectivity index (χ1v) is 4.32. The molecule has 0 aliphatic rings. The number of aromatic carboxylic acids is 3. The predicted octanol–water partition coefficient (Wildman–Crippen LogP) is -0.174. The van der Waals surface area contributed by atoms with Crippen LogP contribution in [-0.2, 0) is 27.1 Å². The van der Waals surface area contributed by atoms with Gasteiger partial charge in [0.2, 0.25) is 0 Å². The molecule has 0 atom stereocenters. The quantitative estimate of drug-likeness (QED) is 0.252. The second-order valence-corrected chi connectivity index (χ2v) is 2.83. The van der Waals surface area contributed by atoms with Crippen LogP contribution in [-0.4, -0.2) is 43.7 Å². The number of carboxylic acids is 3. The molecule has 0 amide bonds. The van der Waals surface area contributed by atoms with Crippen LogP contribution in [0.1, 0.15) is 31.1 Å². The molecule has 1 rings (SSSR count). The average Bonchev–Trinajstić information content (AvgIpc) is 2.37. The average molecular weight is 332 g/mol. The van der Waals surface area contributed by atoms with E-state index in [0.29, 0.717) is 0 Å². The molecule has 10 nitrogen and oxygen atoms in total. The molecule has 11 heteroatoms. The molecule has 0 aromatic heterocycles. The van der Waals surface area contributed by atoms with Gasteiger partial charge in [-0.25, -0.2) is 24.9 Å². The normalized spacial score (nSPS) is 8.70. The molecule has 6 N–H and O–H groups in total. The molecule has 109 valence electrons. The van der Waals surface area contributed by atoms with Crippen molar-refractivity contribution in [2.24, 2.45) is 0 Å². The van der Waals surface area contributed by atoms with Gasteiger partial charge in [0.25, 0.3) is 0 Å². The van der Waals surface area contributed by atoms with Gasteiger partial charge in [-0.3, -0.25) is 0 Å². The Kier molecular flexibility index (Phi) is 10.0. The van der Waals surface area contributed by atoms with Gasteiger partial charge in [0.1, 0.15) is 5.04 Å². The number of rotatable bonds is 4. The predicted molar refractivity (Wildman–Crippen MR) is 55.7 cm³/mol. The third kappa shape index (κ3) is 6.24. The van der Waals surface area contributed by atoms with E-state index in [0.717, 1.165) is 18.2 Å². The SMILES string of the molecule is O=C(O)c1ccc(C(=O)O)c(C(=O)O)c1.OOO[OH2+].[Mn+2]. The van der Waals surface area contributed by atoms with Crippen LogP contribution in [0.25, 0.3) is 0 Å². The van der Waals surface area contributed by atoms with E-state index in [2.05, 4.69) is 10.1 Å². The van der Waals surface area contributed by atoms with Gasteiger partial charge in [0.05, 0.1) is 16.7 Å². The molecule has 0 saturated heterocycles. The number of carbonyl (C=O) groups is 3. The number of hydrogen-bond donors (Lipinski definition) is 4. The summed E-state index contributed by atoms with van der Waals surface area (Å²) < 4.78 is 0.